The van der Waals surface area contributed by atoms with Crippen molar-refractivity contribution in [3.63, 3.8) is 0 Å². The fourth-order valence-corrected chi connectivity index (χ4v) is 3.31. The monoisotopic (exact) mass is 248 g/mol. The molecular formula is C14H24N4. The summed E-state index contributed by atoms with van der Waals surface area (Å²) in [5, 5.41) is 8.64. The summed E-state index contributed by atoms with van der Waals surface area (Å²) in [6, 6.07) is 0.590. The highest BCUT2D eigenvalue weighted by atomic mass is 15.4. The molecule has 100 valence electrons. The summed E-state index contributed by atoms with van der Waals surface area (Å²) >= 11 is 0. The lowest BCUT2D eigenvalue weighted by atomic mass is 9.60. The molecule has 1 saturated carbocycles. The summed E-state index contributed by atoms with van der Waals surface area (Å²) in [4.78, 5) is 2.53. The molecule has 0 unspecified atom stereocenters. The third-order valence-corrected chi connectivity index (χ3v) is 4.56. The van der Waals surface area contributed by atoms with E-state index in [1.165, 1.54) is 32.5 Å². The van der Waals surface area contributed by atoms with Gasteiger partial charge in [0.25, 0.3) is 0 Å². The van der Waals surface area contributed by atoms with Crippen molar-refractivity contribution >= 4 is 0 Å². The summed E-state index contributed by atoms with van der Waals surface area (Å²) < 4.78 is 2.10. The summed E-state index contributed by atoms with van der Waals surface area (Å²) in [5.74, 6) is 0. The molecule has 3 rings (SSSR count). The smallest absolute Gasteiger partial charge is 0.0880 e. The van der Waals surface area contributed by atoms with Gasteiger partial charge in [-0.1, -0.05) is 32.9 Å². The standard InChI is InChI=1S/C14H24N4/c1-5-17-9-14(10-17)6-11(7-14)18-8-12(15-16-18)13(2,3)4/h8,11H,5-7,9-10H2,1-4H3. The van der Waals surface area contributed by atoms with Crippen LogP contribution in [0, 0.1) is 5.41 Å². The van der Waals surface area contributed by atoms with Gasteiger partial charge in [0.2, 0.25) is 0 Å². The zero-order chi connectivity index (χ0) is 13.0. The van der Waals surface area contributed by atoms with Gasteiger partial charge in [-0.05, 0) is 24.8 Å². The third kappa shape index (κ3) is 1.87. The molecule has 4 nitrogen and oxygen atoms in total. The molecule has 0 N–H and O–H groups in total. The second-order valence-electron chi connectivity index (χ2n) is 7.20. The first-order chi connectivity index (χ1) is 8.42. The molecule has 0 amide bonds. The normalized spacial score (nSPS) is 24.0. The highest BCUT2D eigenvalue weighted by Gasteiger charge is 2.52. The van der Waals surface area contributed by atoms with Crippen LogP contribution in [0.25, 0.3) is 0 Å². The Morgan fingerprint density at radius 2 is 2.00 bits per heavy atom. The van der Waals surface area contributed by atoms with Crippen LogP contribution in [-0.4, -0.2) is 39.5 Å². The molecular weight excluding hydrogens is 224 g/mol. The van der Waals surface area contributed by atoms with E-state index in [4.69, 9.17) is 0 Å². The van der Waals surface area contributed by atoms with Gasteiger partial charge in [-0.15, -0.1) is 5.10 Å². The van der Waals surface area contributed by atoms with Crippen LogP contribution in [0.2, 0.25) is 0 Å². The van der Waals surface area contributed by atoms with E-state index in [1.54, 1.807) is 0 Å². The Balaban J connectivity index is 1.61. The van der Waals surface area contributed by atoms with Crippen molar-refractivity contribution < 1.29 is 0 Å². The van der Waals surface area contributed by atoms with Crippen molar-refractivity contribution in [1.82, 2.24) is 19.9 Å². The van der Waals surface area contributed by atoms with Gasteiger partial charge in [-0.3, -0.25) is 0 Å². The van der Waals surface area contributed by atoms with Gasteiger partial charge in [0.1, 0.15) is 0 Å². The van der Waals surface area contributed by atoms with Gasteiger partial charge in [0, 0.05) is 24.7 Å². The Bertz CT molecular complexity index is 429. The Hall–Kier alpha value is -0.900. The van der Waals surface area contributed by atoms with Crippen molar-refractivity contribution in [2.45, 2.75) is 52.0 Å². The Morgan fingerprint density at radius 3 is 2.50 bits per heavy atom. The average molecular weight is 248 g/mol. The van der Waals surface area contributed by atoms with Crippen LogP contribution in [0.1, 0.15) is 52.3 Å². The maximum absolute atomic E-state index is 4.32. The molecule has 2 heterocycles. The molecule has 1 aliphatic carbocycles. The number of hydrogen-bond donors (Lipinski definition) is 0. The van der Waals surface area contributed by atoms with E-state index in [0.29, 0.717) is 11.5 Å². The minimum atomic E-state index is 0.106. The topological polar surface area (TPSA) is 34.0 Å². The Kier molecular flexibility index (Phi) is 2.56. The first kappa shape index (κ1) is 12.2. The minimum absolute atomic E-state index is 0.106. The second kappa shape index (κ2) is 3.80. The van der Waals surface area contributed by atoms with Crippen molar-refractivity contribution in [3.8, 4) is 0 Å². The van der Waals surface area contributed by atoms with Gasteiger partial charge >= 0.3 is 0 Å². The lowest BCUT2D eigenvalue weighted by Crippen LogP contribution is -2.62. The number of aromatic nitrogens is 3. The summed E-state index contributed by atoms with van der Waals surface area (Å²) in [6.07, 6.45) is 4.72. The minimum Gasteiger partial charge on any atom is -0.302 e. The molecule has 0 atom stereocenters. The highest BCUT2D eigenvalue weighted by Crippen LogP contribution is 2.53. The predicted molar refractivity (Wildman–Crippen MR) is 71.5 cm³/mol. The molecule has 1 saturated heterocycles. The first-order valence-corrected chi connectivity index (χ1v) is 7.07. The second-order valence-corrected chi connectivity index (χ2v) is 7.20. The van der Waals surface area contributed by atoms with E-state index < -0.39 is 0 Å². The van der Waals surface area contributed by atoms with Gasteiger partial charge < -0.3 is 4.90 Å². The van der Waals surface area contributed by atoms with Crippen LogP contribution in [0.15, 0.2) is 6.20 Å². The van der Waals surface area contributed by atoms with E-state index in [1.807, 2.05) is 0 Å². The summed E-state index contributed by atoms with van der Waals surface area (Å²) in [7, 11) is 0. The number of likely N-dealkylation sites (tertiary alicyclic amines) is 1. The van der Waals surface area contributed by atoms with E-state index in [0.717, 1.165) is 5.69 Å². The zero-order valence-corrected chi connectivity index (χ0v) is 12.0. The molecule has 0 radical (unpaired) electrons. The molecule has 0 aromatic carbocycles. The maximum atomic E-state index is 4.32. The fourth-order valence-electron chi connectivity index (χ4n) is 3.31. The molecule has 18 heavy (non-hydrogen) atoms. The molecule has 1 aromatic rings. The van der Waals surface area contributed by atoms with Crippen molar-refractivity contribution in [2.75, 3.05) is 19.6 Å². The van der Waals surface area contributed by atoms with Crippen molar-refractivity contribution in [3.05, 3.63) is 11.9 Å². The van der Waals surface area contributed by atoms with Gasteiger partial charge in [-0.25, -0.2) is 4.68 Å². The van der Waals surface area contributed by atoms with Crippen LogP contribution < -0.4 is 0 Å². The van der Waals surface area contributed by atoms with Crippen LogP contribution in [0.5, 0.6) is 0 Å². The van der Waals surface area contributed by atoms with Crippen molar-refractivity contribution in [1.29, 1.82) is 0 Å². The molecule has 1 spiro atoms. The third-order valence-electron chi connectivity index (χ3n) is 4.56. The quantitative estimate of drug-likeness (QED) is 0.805. The molecule has 0 bridgehead atoms. The van der Waals surface area contributed by atoms with Gasteiger partial charge in [-0.2, -0.15) is 0 Å². The van der Waals surface area contributed by atoms with E-state index in [-0.39, 0.29) is 5.41 Å². The van der Waals surface area contributed by atoms with Crippen LogP contribution in [0.4, 0.5) is 0 Å². The van der Waals surface area contributed by atoms with E-state index >= 15 is 0 Å². The lowest BCUT2D eigenvalue weighted by Gasteiger charge is -2.58. The number of nitrogens with zero attached hydrogens (tertiary/aromatic N) is 4. The summed E-state index contributed by atoms with van der Waals surface area (Å²) in [5.41, 5.74) is 1.83. The SMILES string of the molecule is CCN1CC2(CC(n3cc(C(C)(C)C)nn3)C2)C1. The van der Waals surface area contributed by atoms with Crippen LogP contribution >= 0.6 is 0 Å². The van der Waals surface area contributed by atoms with Crippen LogP contribution in [0.3, 0.4) is 0 Å². The molecule has 1 aromatic heterocycles. The molecule has 4 heteroatoms. The van der Waals surface area contributed by atoms with Gasteiger partial charge in [0.05, 0.1) is 11.7 Å². The predicted octanol–water partition coefficient (Wildman–Crippen LogP) is 2.23. The summed E-state index contributed by atoms with van der Waals surface area (Å²) in [6.45, 7) is 12.6. The maximum Gasteiger partial charge on any atom is 0.0880 e. The Morgan fingerprint density at radius 1 is 1.33 bits per heavy atom. The van der Waals surface area contributed by atoms with E-state index in [9.17, 15) is 0 Å². The largest absolute Gasteiger partial charge is 0.302 e. The Labute approximate surface area is 109 Å². The first-order valence-electron chi connectivity index (χ1n) is 7.07. The van der Waals surface area contributed by atoms with E-state index in [2.05, 4.69) is 53.8 Å². The lowest BCUT2D eigenvalue weighted by molar-refractivity contribution is -0.0891. The van der Waals surface area contributed by atoms with Crippen LogP contribution in [-0.2, 0) is 5.41 Å². The average Bonchev–Trinajstić information content (AvgIpc) is 2.62. The molecule has 2 fully saturated rings. The molecule has 2 aliphatic rings. The van der Waals surface area contributed by atoms with Crippen molar-refractivity contribution in [2.24, 2.45) is 5.41 Å². The highest BCUT2D eigenvalue weighted by molar-refractivity contribution is 5.10. The number of rotatable bonds is 2. The fraction of sp³-hybridized carbons (Fsp3) is 0.857. The number of hydrogen-bond acceptors (Lipinski definition) is 3. The zero-order valence-electron chi connectivity index (χ0n) is 12.0. The van der Waals surface area contributed by atoms with Gasteiger partial charge in [0.15, 0.2) is 0 Å². The molecule has 1 aliphatic heterocycles.